The molecule has 4 bridgehead atoms. The van der Waals surface area contributed by atoms with Crippen molar-refractivity contribution in [2.75, 3.05) is 12.9 Å². The number of aliphatic carboxylic acids is 1. The molecule has 0 radical (unpaired) electrons. The molecule has 7 atom stereocenters. The lowest BCUT2D eigenvalue weighted by atomic mass is 9.42. The van der Waals surface area contributed by atoms with Crippen LogP contribution >= 0.6 is 11.8 Å². The molecule has 3 fully saturated rings. The van der Waals surface area contributed by atoms with Gasteiger partial charge in [-0.25, -0.2) is 4.79 Å². The van der Waals surface area contributed by atoms with Gasteiger partial charge >= 0.3 is 11.9 Å². The molecule has 188 valence electrons. The Kier molecular flexibility index (Phi) is 5.98. The number of allylic oxidation sites excluding steroid dienone is 1. The van der Waals surface area contributed by atoms with E-state index in [1.807, 2.05) is 32.2 Å². The molecule has 35 heavy (non-hydrogen) atoms. The molecule has 1 N–H and O–H groups in total. The van der Waals surface area contributed by atoms with E-state index < -0.39 is 22.2 Å². The van der Waals surface area contributed by atoms with Gasteiger partial charge in [0.25, 0.3) is 0 Å². The Morgan fingerprint density at radius 1 is 1.20 bits per heavy atom. The Balaban J connectivity index is 1.50. The number of benzene rings is 1. The lowest BCUT2D eigenvalue weighted by Crippen LogP contribution is -2.62. The van der Waals surface area contributed by atoms with Gasteiger partial charge < -0.3 is 14.6 Å². The van der Waals surface area contributed by atoms with E-state index in [0.29, 0.717) is 30.2 Å². The van der Waals surface area contributed by atoms with Crippen molar-refractivity contribution in [2.45, 2.75) is 57.8 Å². The van der Waals surface area contributed by atoms with Crippen molar-refractivity contribution in [3.8, 4) is 0 Å². The third-order valence-electron chi connectivity index (χ3n) is 10.2. The minimum absolute atomic E-state index is 0.0264. The maximum atomic E-state index is 13.4. The van der Waals surface area contributed by atoms with Crippen LogP contribution in [0, 0.1) is 45.8 Å². The monoisotopic (exact) mass is 496 g/mol. The number of carbonyl (C=O) groups is 3. The van der Waals surface area contributed by atoms with Gasteiger partial charge in [0, 0.05) is 10.3 Å². The van der Waals surface area contributed by atoms with Crippen molar-refractivity contribution in [1.29, 1.82) is 0 Å². The van der Waals surface area contributed by atoms with Crippen LogP contribution in [0.25, 0.3) is 0 Å². The number of thioether (sulfide) groups is 1. The maximum Gasteiger partial charge on any atom is 0.338 e. The molecule has 0 spiro atoms. The van der Waals surface area contributed by atoms with E-state index in [0.717, 1.165) is 36.0 Å². The second-order valence-electron chi connectivity index (χ2n) is 11.6. The van der Waals surface area contributed by atoms with Crippen molar-refractivity contribution < 1.29 is 24.2 Å². The summed E-state index contributed by atoms with van der Waals surface area (Å²) in [5, 5.41) is 11.0. The summed E-state index contributed by atoms with van der Waals surface area (Å²) in [6, 6.07) is 7.34. The van der Waals surface area contributed by atoms with Crippen LogP contribution in [0.3, 0.4) is 0 Å². The second-order valence-corrected chi connectivity index (χ2v) is 12.5. The van der Waals surface area contributed by atoms with Crippen molar-refractivity contribution in [3.05, 3.63) is 41.5 Å². The van der Waals surface area contributed by atoms with Crippen LogP contribution < -0.4 is 0 Å². The number of fused-ring (bicyclic) bond motifs is 2. The number of hydrogen-bond donors (Lipinski definition) is 1. The number of hydrogen-bond acceptors (Lipinski definition) is 5. The zero-order valence-corrected chi connectivity index (χ0v) is 21.9. The molecule has 0 saturated heterocycles. The number of aldehydes is 1. The summed E-state index contributed by atoms with van der Waals surface area (Å²) in [6.07, 6.45) is 9.05. The molecule has 0 heterocycles. The summed E-state index contributed by atoms with van der Waals surface area (Å²) in [5.41, 5.74) is -1.26. The van der Waals surface area contributed by atoms with E-state index in [4.69, 9.17) is 4.74 Å². The summed E-state index contributed by atoms with van der Waals surface area (Å²) in [7, 11) is 0. The number of carbonyl (C=O) groups excluding carboxylic acids is 2. The highest BCUT2D eigenvalue weighted by molar-refractivity contribution is 7.98. The first-order chi connectivity index (χ1) is 16.7. The highest BCUT2D eigenvalue weighted by Crippen LogP contribution is 2.83. The first-order valence-electron chi connectivity index (χ1n) is 12.9. The van der Waals surface area contributed by atoms with E-state index >= 15 is 0 Å². The molecular formula is C29H36O5S. The van der Waals surface area contributed by atoms with Crippen molar-refractivity contribution >= 4 is 30.0 Å². The van der Waals surface area contributed by atoms with Crippen LogP contribution in [0.1, 0.15) is 63.2 Å². The molecule has 6 unspecified atom stereocenters. The average molecular weight is 497 g/mol. The van der Waals surface area contributed by atoms with Gasteiger partial charge in [-0.15, -0.1) is 11.8 Å². The predicted octanol–water partition coefficient (Wildman–Crippen LogP) is 5.88. The van der Waals surface area contributed by atoms with Gasteiger partial charge in [0.2, 0.25) is 0 Å². The lowest BCUT2D eigenvalue weighted by Gasteiger charge is -2.58. The molecule has 5 nitrogen and oxygen atoms in total. The zero-order valence-electron chi connectivity index (χ0n) is 21.1. The van der Waals surface area contributed by atoms with Gasteiger partial charge in [-0.3, -0.25) is 4.79 Å². The molecule has 4 aliphatic rings. The van der Waals surface area contributed by atoms with Crippen LogP contribution in [-0.2, 0) is 14.3 Å². The molecule has 5 rings (SSSR count). The predicted molar refractivity (Wildman–Crippen MR) is 135 cm³/mol. The minimum Gasteiger partial charge on any atom is -0.481 e. The molecule has 6 heteroatoms. The third-order valence-corrected chi connectivity index (χ3v) is 11.0. The lowest BCUT2D eigenvalue weighted by molar-refractivity contribution is -0.181. The van der Waals surface area contributed by atoms with E-state index in [1.165, 1.54) is 0 Å². The molecule has 0 amide bonds. The fourth-order valence-electron chi connectivity index (χ4n) is 8.97. The molecule has 3 saturated carbocycles. The van der Waals surface area contributed by atoms with E-state index in [2.05, 4.69) is 13.0 Å². The Labute approximate surface area is 212 Å². The fraction of sp³-hybridized carbons (Fsp3) is 0.621. The normalized spacial score (nSPS) is 38.8. The molecule has 4 aliphatic carbocycles. The van der Waals surface area contributed by atoms with Crippen LogP contribution in [0.2, 0.25) is 0 Å². The first-order valence-corrected chi connectivity index (χ1v) is 14.1. The van der Waals surface area contributed by atoms with Crippen LogP contribution in [0.4, 0.5) is 0 Å². The topological polar surface area (TPSA) is 80.7 Å². The SMILES string of the molecule is CSc1ccc(C(=O)OCCC23CC4C(CC[C@H]4C)C4(C=O)CC2C=C(C(C)C)C43C(=O)O)cc1. The van der Waals surface area contributed by atoms with Crippen molar-refractivity contribution in [1.82, 2.24) is 0 Å². The second kappa shape index (κ2) is 8.50. The van der Waals surface area contributed by atoms with Gasteiger partial charge in [-0.1, -0.05) is 38.8 Å². The van der Waals surface area contributed by atoms with Gasteiger partial charge in [0.1, 0.15) is 11.7 Å². The van der Waals surface area contributed by atoms with Crippen LogP contribution in [0.15, 0.2) is 40.8 Å². The molecule has 0 aromatic heterocycles. The Morgan fingerprint density at radius 3 is 2.51 bits per heavy atom. The summed E-state index contributed by atoms with van der Waals surface area (Å²) in [4.78, 5) is 40.3. The summed E-state index contributed by atoms with van der Waals surface area (Å²) in [6.45, 7) is 6.51. The Morgan fingerprint density at radius 2 is 1.91 bits per heavy atom. The first kappa shape index (κ1) is 24.6. The molecule has 1 aromatic carbocycles. The summed E-state index contributed by atoms with van der Waals surface area (Å²) in [5.74, 6) is -0.243. The van der Waals surface area contributed by atoms with Crippen molar-refractivity contribution in [2.24, 2.45) is 45.8 Å². The smallest absolute Gasteiger partial charge is 0.338 e. The summed E-state index contributed by atoms with van der Waals surface area (Å²) < 4.78 is 5.75. The van der Waals surface area contributed by atoms with Crippen LogP contribution in [0.5, 0.6) is 0 Å². The van der Waals surface area contributed by atoms with E-state index in [9.17, 15) is 19.5 Å². The fourth-order valence-corrected chi connectivity index (χ4v) is 9.38. The molecular weight excluding hydrogens is 460 g/mol. The zero-order chi connectivity index (χ0) is 25.2. The molecule has 0 aliphatic heterocycles. The Hall–Kier alpha value is -2.08. The number of carboxylic acids is 1. The van der Waals surface area contributed by atoms with E-state index in [-0.39, 0.29) is 30.3 Å². The number of rotatable bonds is 8. The maximum absolute atomic E-state index is 13.4. The van der Waals surface area contributed by atoms with Gasteiger partial charge in [0.05, 0.1) is 17.6 Å². The summed E-state index contributed by atoms with van der Waals surface area (Å²) >= 11 is 1.61. The Bertz CT molecular complexity index is 1080. The highest BCUT2D eigenvalue weighted by Gasteiger charge is 2.83. The van der Waals surface area contributed by atoms with Crippen molar-refractivity contribution in [3.63, 3.8) is 0 Å². The molecule has 1 aromatic rings. The number of ether oxygens (including phenoxy) is 1. The highest BCUT2D eigenvalue weighted by atomic mass is 32.2. The minimum atomic E-state index is -1.21. The van der Waals surface area contributed by atoms with Crippen LogP contribution in [-0.4, -0.2) is 36.2 Å². The van der Waals surface area contributed by atoms with Gasteiger partial charge in [-0.05, 0) is 85.8 Å². The standard InChI is InChI=1S/C29H36O5S/c1-17(2)24-13-20-14-28(16-30)23-10-5-18(3)22(23)15-27(20,29(24,28)26(32)33)11-12-34-25(31)19-6-8-21(35-4)9-7-19/h6-9,13,16-18,20,22-23H,5,10-12,14-15H2,1-4H3,(H,32,33)/t18-,20?,22?,23?,27?,28?,29?/m1/s1. The largest absolute Gasteiger partial charge is 0.481 e. The quantitative estimate of drug-likeness (QED) is 0.209. The average Bonchev–Trinajstić information content (AvgIpc) is 3.41. The van der Waals surface area contributed by atoms with Gasteiger partial charge in [-0.2, -0.15) is 0 Å². The van der Waals surface area contributed by atoms with Gasteiger partial charge in [0.15, 0.2) is 0 Å². The number of carboxylic acid groups (broad SMARTS) is 1. The number of esters is 1. The third kappa shape index (κ3) is 3.04. The van der Waals surface area contributed by atoms with E-state index in [1.54, 1.807) is 23.9 Å².